The molecule has 0 aromatic carbocycles. The van der Waals surface area contributed by atoms with Gasteiger partial charge in [0.05, 0.1) is 0 Å². The van der Waals surface area contributed by atoms with Crippen molar-refractivity contribution in [3.63, 3.8) is 0 Å². The highest BCUT2D eigenvalue weighted by Crippen LogP contribution is 2.27. The van der Waals surface area contributed by atoms with Crippen LogP contribution in [0.3, 0.4) is 0 Å². The van der Waals surface area contributed by atoms with Gasteiger partial charge in [0, 0.05) is 17.9 Å². The minimum absolute atomic E-state index is 0.0964. The Hall–Kier alpha value is -0.510. The molecule has 0 spiro atoms. The van der Waals surface area contributed by atoms with Crippen molar-refractivity contribution in [1.82, 2.24) is 4.72 Å². The van der Waals surface area contributed by atoms with Crippen LogP contribution in [0, 0.1) is 0 Å². The molecular weight excluding hydrogens is 358 g/mol. The first kappa shape index (κ1) is 14.9. The van der Waals surface area contributed by atoms with E-state index in [1.807, 2.05) is 0 Å². The van der Waals surface area contributed by atoms with E-state index in [4.69, 9.17) is 9.52 Å². The largest absolute Gasteiger partial charge is 0.475 e. The van der Waals surface area contributed by atoms with Crippen LogP contribution < -0.4 is 4.72 Å². The third kappa shape index (κ3) is 3.53. The third-order valence-corrected chi connectivity index (χ3v) is 6.23. The maximum atomic E-state index is 12.2. The second kappa shape index (κ2) is 5.86. The first-order valence-corrected chi connectivity index (χ1v) is 8.96. The molecule has 2 heterocycles. The van der Waals surface area contributed by atoms with Crippen LogP contribution in [0.1, 0.15) is 23.4 Å². The molecule has 1 atom stereocenters. The molecule has 0 amide bonds. The van der Waals surface area contributed by atoms with Crippen LogP contribution in [0.4, 0.5) is 0 Å². The lowest BCUT2D eigenvalue weighted by Crippen LogP contribution is -2.38. The van der Waals surface area contributed by atoms with E-state index < -0.39 is 21.8 Å². The van der Waals surface area contributed by atoms with Gasteiger partial charge in [-0.25, -0.2) is 17.9 Å². The highest BCUT2D eigenvalue weighted by atomic mass is 79.9. The monoisotopic (exact) mass is 369 g/mol. The summed E-state index contributed by atoms with van der Waals surface area (Å²) in [5.74, 6) is 0.0396. The molecule has 1 saturated heterocycles. The van der Waals surface area contributed by atoms with E-state index >= 15 is 0 Å². The average molecular weight is 370 g/mol. The molecule has 2 rings (SSSR count). The van der Waals surface area contributed by atoms with Crippen LogP contribution in [-0.2, 0) is 10.0 Å². The van der Waals surface area contributed by atoms with Crippen molar-refractivity contribution in [2.24, 2.45) is 0 Å². The Morgan fingerprint density at radius 2 is 2.32 bits per heavy atom. The van der Waals surface area contributed by atoms with Crippen molar-refractivity contribution in [1.29, 1.82) is 0 Å². The minimum Gasteiger partial charge on any atom is -0.475 e. The van der Waals surface area contributed by atoms with Gasteiger partial charge in [0.1, 0.15) is 4.90 Å². The number of furan rings is 1. The summed E-state index contributed by atoms with van der Waals surface area (Å²) in [5, 5.41) is 8.78. The lowest BCUT2D eigenvalue weighted by atomic mass is 10.2. The number of hydrogen-bond acceptors (Lipinski definition) is 5. The van der Waals surface area contributed by atoms with Gasteiger partial charge >= 0.3 is 5.97 Å². The number of nitrogens with one attached hydrogen (secondary N) is 1. The summed E-state index contributed by atoms with van der Waals surface area (Å²) in [6, 6.07) is 0.879. The smallest absolute Gasteiger partial charge is 0.371 e. The number of hydrogen-bond donors (Lipinski definition) is 2. The predicted molar refractivity (Wildman–Crippen MR) is 74.0 cm³/mol. The molecule has 1 aliphatic heterocycles. The van der Waals surface area contributed by atoms with E-state index in [0.717, 1.165) is 30.4 Å². The summed E-state index contributed by atoms with van der Waals surface area (Å²) < 4.78 is 31.6. The topological polar surface area (TPSA) is 96.6 Å². The minimum atomic E-state index is -3.77. The maximum Gasteiger partial charge on any atom is 0.371 e. The van der Waals surface area contributed by atoms with Gasteiger partial charge in [0.25, 0.3) is 0 Å². The van der Waals surface area contributed by atoms with Gasteiger partial charge in [0.15, 0.2) is 4.67 Å². The van der Waals surface area contributed by atoms with Crippen LogP contribution in [-0.4, -0.2) is 37.0 Å². The van der Waals surface area contributed by atoms with Crippen LogP contribution in [0.15, 0.2) is 20.0 Å². The molecule has 1 aromatic heterocycles. The Bertz CT molecular complexity index is 577. The molecule has 106 valence electrons. The fourth-order valence-electron chi connectivity index (χ4n) is 1.76. The second-order valence-corrected chi connectivity index (χ2v) is 7.64. The van der Waals surface area contributed by atoms with E-state index in [9.17, 15) is 13.2 Å². The van der Waals surface area contributed by atoms with Crippen LogP contribution in [0.25, 0.3) is 0 Å². The number of carboxylic acid groups (broad SMARTS) is 1. The molecule has 19 heavy (non-hydrogen) atoms. The quantitative estimate of drug-likeness (QED) is 0.841. The Morgan fingerprint density at radius 1 is 1.58 bits per heavy atom. The lowest BCUT2D eigenvalue weighted by molar-refractivity contribution is 0.0661. The van der Waals surface area contributed by atoms with Crippen LogP contribution >= 0.6 is 27.7 Å². The van der Waals surface area contributed by atoms with Crippen molar-refractivity contribution in [2.75, 3.05) is 11.5 Å². The predicted octanol–water partition coefficient (Wildman–Crippen LogP) is 1.91. The van der Waals surface area contributed by atoms with E-state index in [1.54, 1.807) is 11.8 Å². The highest BCUT2D eigenvalue weighted by molar-refractivity contribution is 9.10. The fourth-order valence-corrected chi connectivity index (χ4v) is 5.15. The highest BCUT2D eigenvalue weighted by Gasteiger charge is 2.28. The molecule has 9 heteroatoms. The Kier molecular flexibility index (Phi) is 4.59. The van der Waals surface area contributed by atoms with Crippen LogP contribution in [0.2, 0.25) is 0 Å². The van der Waals surface area contributed by atoms with Gasteiger partial charge < -0.3 is 9.52 Å². The second-order valence-electron chi connectivity index (χ2n) is 4.09. The molecule has 1 aliphatic rings. The van der Waals surface area contributed by atoms with E-state index in [-0.39, 0.29) is 15.6 Å². The van der Waals surface area contributed by atoms with Crippen molar-refractivity contribution in [3.8, 4) is 0 Å². The summed E-state index contributed by atoms with van der Waals surface area (Å²) >= 11 is 4.63. The molecule has 6 nitrogen and oxygen atoms in total. The molecule has 0 bridgehead atoms. The number of rotatable bonds is 4. The van der Waals surface area contributed by atoms with Crippen molar-refractivity contribution >= 4 is 43.7 Å². The fraction of sp³-hybridized carbons (Fsp3) is 0.500. The third-order valence-electron chi connectivity index (χ3n) is 2.64. The molecule has 1 unspecified atom stereocenters. The van der Waals surface area contributed by atoms with Crippen molar-refractivity contribution in [2.45, 2.75) is 23.8 Å². The maximum absolute atomic E-state index is 12.2. The first-order chi connectivity index (χ1) is 8.90. The number of halogens is 1. The number of sulfonamides is 1. The molecule has 0 aliphatic carbocycles. The molecule has 0 radical (unpaired) electrons. The summed E-state index contributed by atoms with van der Waals surface area (Å²) in [4.78, 5) is 10.6. The molecule has 2 N–H and O–H groups in total. The van der Waals surface area contributed by atoms with Gasteiger partial charge in [-0.3, -0.25) is 0 Å². The average Bonchev–Trinajstić information content (AvgIpc) is 2.73. The number of thioether (sulfide) groups is 1. The van der Waals surface area contributed by atoms with Gasteiger partial charge in [-0.2, -0.15) is 11.8 Å². The number of aromatic carboxylic acids is 1. The summed E-state index contributed by atoms with van der Waals surface area (Å²) in [5.41, 5.74) is 0. The molecule has 1 fully saturated rings. The zero-order chi connectivity index (χ0) is 14.0. The summed E-state index contributed by atoms with van der Waals surface area (Å²) in [6.45, 7) is 0. The first-order valence-electron chi connectivity index (χ1n) is 5.53. The SMILES string of the molecule is O=C(O)c1cc(S(=O)(=O)NC2CCCSC2)c(Br)o1. The van der Waals surface area contributed by atoms with E-state index in [2.05, 4.69) is 20.7 Å². The molecule has 0 saturated carbocycles. The number of carboxylic acids is 1. The van der Waals surface area contributed by atoms with E-state index in [1.165, 1.54) is 0 Å². The van der Waals surface area contributed by atoms with Gasteiger partial charge in [0.2, 0.25) is 15.8 Å². The Balaban J connectivity index is 2.21. The lowest BCUT2D eigenvalue weighted by Gasteiger charge is -2.21. The molecular formula is C10H12BrNO5S2. The summed E-state index contributed by atoms with van der Waals surface area (Å²) in [7, 11) is -3.77. The number of carbonyl (C=O) groups is 1. The Morgan fingerprint density at radius 3 is 2.84 bits per heavy atom. The van der Waals surface area contributed by atoms with E-state index in [0.29, 0.717) is 0 Å². The van der Waals surface area contributed by atoms with Crippen LogP contribution in [0.5, 0.6) is 0 Å². The molecule has 1 aromatic rings. The Labute approximate surface area is 123 Å². The van der Waals surface area contributed by atoms with Crippen molar-refractivity contribution in [3.05, 3.63) is 16.5 Å². The standard InChI is InChI=1S/C10H12BrNO5S2/c11-9-8(4-7(17-9)10(13)14)19(15,16)12-6-2-1-3-18-5-6/h4,6,12H,1-3,5H2,(H,13,14). The normalized spacial score (nSPS) is 20.4. The van der Waals surface area contributed by atoms with Crippen molar-refractivity contribution < 1.29 is 22.7 Å². The van der Waals surface area contributed by atoms with Gasteiger partial charge in [-0.1, -0.05) is 0 Å². The summed E-state index contributed by atoms with van der Waals surface area (Å²) in [6.07, 6.45) is 1.75. The van der Waals surface area contributed by atoms with Gasteiger partial charge in [-0.05, 0) is 34.5 Å². The zero-order valence-electron chi connectivity index (χ0n) is 9.76. The van der Waals surface area contributed by atoms with Gasteiger partial charge in [-0.15, -0.1) is 0 Å². The zero-order valence-corrected chi connectivity index (χ0v) is 13.0.